The van der Waals surface area contributed by atoms with E-state index >= 15 is 0 Å². The SMILES string of the molecule is Cc1nc(COc2cc(C)n(-c3cncc(-c4ccnc(C(C)(C)O)n4)c3)c(=O)c2Cl)co1. The third-order valence-electron chi connectivity index (χ3n) is 4.82. The Morgan fingerprint density at radius 1 is 1.21 bits per heavy atom. The average molecular weight is 468 g/mol. The van der Waals surface area contributed by atoms with Crippen molar-refractivity contribution < 1.29 is 14.3 Å². The summed E-state index contributed by atoms with van der Waals surface area (Å²) in [5.41, 5.74) is 1.30. The molecule has 10 heteroatoms. The molecule has 0 saturated carbocycles. The summed E-state index contributed by atoms with van der Waals surface area (Å²) in [4.78, 5) is 30.1. The van der Waals surface area contributed by atoms with Gasteiger partial charge in [0, 0.05) is 36.6 Å². The van der Waals surface area contributed by atoms with E-state index in [1.807, 2.05) is 0 Å². The van der Waals surface area contributed by atoms with E-state index in [9.17, 15) is 9.90 Å². The van der Waals surface area contributed by atoms with Crippen LogP contribution >= 0.6 is 11.6 Å². The lowest BCUT2D eigenvalue weighted by atomic mass is 10.1. The lowest BCUT2D eigenvalue weighted by molar-refractivity contribution is 0.0688. The summed E-state index contributed by atoms with van der Waals surface area (Å²) < 4.78 is 12.3. The van der Waals surface area contributed by atoms with Gasteiger partial charge in [0.05, 0.1) is 17.6 Å². The van der Waals surface area contributed by atoms with Crippen LogP contribution in [0.4, 0.5) is 0 Å². The van der Waals surface area contributed by atoms with Crippen LogP contribution in [0, 0.1) is 13.8 Å². The van der Waals surface area contributed by atoms with Gasteiger partial charge in [-0.1, -0.05) is 11.6 Å². The highest BCUT2D eigenvalue weighted by atomic mass is 35.5. The van der Waals surface area contributed by atoms with Gasteiger partial charge in [-0.15, -0.1) is 0 Å². The van der Waals surface area contributed by atoms with Crippen LogP contribution in [-0.4, -0.2) is 29.6 Å². The van der Waals surface area contributed by atoms with Crippen molar-refractivity contribution in [3.63, 3.8) is 0 Å². The van der Waals surface area contributed by atoms with Gasteiger partial charge in [-0.25, -0.2) is 15.0 Å². The van der Waals surface area contributed by atoms with E-state index in [4.69, 9.17) is 20.8 Å². The smallest absolute Gasteiger partial charge is 0.277 e. The van der Waals surface area contributed by atoms with Crippen molar-refractivity contribution in [2.75, 3.05) is 0 Å². The molecule has 4 rings (SSSR count). The van der Waals surface area contributed by atoms with Crippen LogP contribution in [0.1, 0.15) is 37.0 Å². The minimum Gasteiger partial charge on any atom is -0.485 e. The quantitative estimate of drug-likeness (QED) is 0.455. The standard InChI is InChI=1S/C23H22ClN5O4/c1-13-7-19(33-12-16-11-32-14(2)27-16)20(24)21(30)29(13)17-8-15(9-25-10-17)18-5-6-26-22(28-18)23(3,4)31/h5-11,31H,12H2,1-4H3. The third-order valence-corrected chi connectivity index (χ3v) is 5.17. The van der Waals surface area contributed by atoms with Crippen LogP contribution in [0.3, 0.4) is 0 Å². The topological polar surface area (TPSA) is 116 Å². The molecule has 0 aliphatic heterocycles. The molecule has 170 valence electrons. The first-order valence-electron chi connectivity index (χ1n) is 10.1. The van der Waals surface area contributed by atoms with Gasteiger partial charge in [0.25, 0.3) is 5.56 Å². The number of aliphatic hydroxyl groups is 1. The number of oxazole rings is 1. The first kappa shape index (κ1) is 22.6. The molecule has 0 amide bonds. The highest BCUT2D eigenvalue weighted by molar-refractivity contribution is 6.31. The molecule has 4 aromatic heterocycles. The molecule has 4 heterocycles. The van der Waals surface area contributed by atoms with Crippen molar-refractivity contribution in [1.29, 1.82) is 0 Å². The van der Waals surface area contributed by atoms with E-state index < -0.39 is 11.2 Å². The van der Waals surface area contributed by atoms with Gasteiger partial charge in [0.15, 0.2) is 11.7 Å². The first-order valence-corrected chi connectivity index (χ1v) is 10.5. The summed E-state index contributed by atoms with van der Waals surface area (Å²) in [5, 5.41) is 10.2. The van der Waals surface area contributed by atoms with E-state index in [0.29, 0.717) is 34.2 Å². The van der Waals surface area contributed by atoms with Gasteiger partial charge < -0.3 is 14.3 Å². The molecule has 0 saturated heterocycles. The molecule has 0 radical (unpaired) electrons. The molecule has 0 atom stereocenters. The van der Waals surface area contributed by atoms with E-state index in [0.717, 1.165) is 0 Å². The minimum atomic E-state index is -1.19. The van der Waals surface area contributed by atoms with Crippen LogP contribution in [0.5, 0.6) is 5.75 Å². The Morgan fingerprint density at radius 3 is 2.70 bits per heavy atom. The lowest BCUT2D eigenvalue weighted by Crippen LogP contribution is -2.22. The normalized spacial score (nSPS) is 11.6. The number of hydrogen-bond acceptors (Lipinski definition) is 8. The van der Waals surface area contributed by atoms with Crippen molar-refractivity contribution in [3.8, 4) is 22.7 Å². The van der Waals surface area contributed by atoms with Crippen molar-refractivity contribution in [3.05, 3.63) is 81.5 Å². The monoisotopic (exact) mass is 467 g/mol. The van der Waals surface area contributed by atoms with Gasteiger partial charge >= 0.3 is 0 Å². The molecule has 1 N–H and O–H groups in total. The molecule has 9 nitrogen and oxygen atoms in total. The molecule has 0 aromatic carbocycles. The Morgan fingerprint density at radius 2 is 2.00 bits per heavy atom. The Bertz CT molecular complexity index is 1370. The average Bonchev–Trinajstić information content (AvgIpc) is 3.20. The van der Waals surface area contributed by atoms with E-state index in [2.05, 4.69) is 19.9 Å². The van der Waals surface area contributed by atoms with Gasteiger partial charge in [-0.2, -0.15) is 0 Å². The summed E-state index contributed by atoms with van der Waals surface area (Å²) in [5.74, 6) is 1.06. The predicted molar refractivity (Wildman–Crippen MR) is 121 cm³/mol. The molecule has 0 unspecified atom stereocenters. The van der Waals surface area contributed by atoms with Crippen molar-refractivity contribution in [2.45, 2.75) is 39.9 Å². The molecule has 0 spiro atoms. The highest BCUT2D eigenvalue weighted by Gasteiger charge is 2.20. The van der Waals surface area contributed by atoms with Crippen LogP contribution < -0.4 is 10.3 Å². The van der Waals surface area contributed by atoms with Crippen molar-refractivity contribution in [2.24, 2.45) is 0 Å². The fourth-order valence-corrected chi connectivity index (χ4v) is 3.43. The van der Waals surface area contributed by atoms with Crippen LogP contribution in [0.2, 0.25) is 5.02 Å². The summed E-state index contributed by atoms with van der Waals surface area (Å²) in [7, 11) is 0. The van der Waals surface area contributed by atoms with Crippen LogP contribution in [0.15, 0.2) is 52.3 Å². The predicted octanol–water partition coefficient (Wildman–Crippen LogP) is 3.75. The number of pyridine rings is 2. The maximum Gasteiger partial charge on any atom is 0.277 e. The Hall–Kier alpha value is -3.56. The van der Waals surface area contributed by atoms with Gasteiger partial charge in [-0.3, -0.25) is 14.3 Å². The van der Waals surface area contributed by atoms with Gasteiger partial charge in [-0.05, 0) is 32.9 Å². The number of rotatable bonds is 6. The molecule has 33 heavy (non-hydrogen) atoms. The van der Waals surface area contributed by atoms with E-state index in [-0.39, 0.29) is 23.2 Å². The maximum atomic E-state index is 13.1. The molecule has 0 aliphatic carbocycles. The van der Waals surface area contributed by atoms with Gasteiger partial charge in [0.1, 0.15) is 34.9 Å². The first-order chi connectivity index (χ1) is 15.6. The Labute approximate surface area is 194 Å². The third kappa shape index (κ3) is 4.79. The number of ether oxygens (including phenoxy) is 1. The number of aromatic nitrogens is 5. The van der Waals surface area contributed by atoms with Crippen LogP contribution in [0.25, 0.3) is 16.9 Å². The zero-order chi connectivity index (χ0) is 23.8. The number of aryl methyl sites for hydroxylation is 2. The Balaban J connectivity index is 1.69. The van der Waals surface area contributed by atoms with Crippen molar-refractivity contribution in [1.82, 2.24) is 24.5 Å². The summed E-state index contributed by atoms with van der Waals surface area (Å²) >= 11 is 6.35. The lowest BCUT2D eigenvalue weighted by Gasteiger charge is -2.16. The second kappa shape index (κ2) is 8.76. The molecule has 4 aromatic rings. The number of nitrogens with zero attached hydrogens (tertiary/aromatic N) is 5. The molecular formula is C23H22ClN5O4. The second-order valence-corrected chi connectivity index (χ2v) is 8.39. The fraction of sp³-hybridized carbons (Fsp3) is 0.261. The zero-order valence-corrected chi connectivity index (χ0v) is 19.3. The number of halogens is 1. The Kier molecular flexibility index (Phi) is 6.01. The molecule has 0 bridgehead atoms. The zero-order valence-electron chi connectivity index (χ0n) is 18.5. The fourth-order valence-electron chi connectivity index (χ4n) is 3.24. The molecule has 0 aliphatic rings. The molecular weight excluding hydrogens is 446 g/mol. The highest BCUT2D eigenvalue weighted by Crippen LogP contribution is 2.26. The maximum absolute atomic E-state index is 13.1. The van der Waals surface area contributed by atoms with Crippen molar-refractivity contribution >= 4 is 11.6 Å². The summed E-state index contributed by atoms with van der Waals surface area (Å²) in [6, 6.07) is 5.16. The second-order valence-electron chi connectivity index (χ2n) is 8.01. The molecule has 0 fully saturated rings. The van der Waals surface area contributed by atoms with E-state index in [1.165, 1.54) is 10.8 Å². The van der Waals surface area contributed by atoms with Gasteiger partial charge in [0.2, 0.25) is 0 Å². The minimum absolute atomic E-state index is 0.0578. The number of hydrogen-bond donors (Lipinski definition) is 1. The summed E-state index contributed by atoms with van der Waals surface area (Å²) in [6.07, 6.45) is 6.24. The largest absolute Gasteiger partial charge is 0.485 e. The van der Waals surface area contributed by atoms with Crippen LogP contribution in [-0.2, 0) is 12.2 Å². The summed E-state index contributed by atoms with van der Waals surface area (Å²) in [6.45, 7) is 6.85. The van der Waals surface area contributed by atoms with E-state index in [1.54, 1.807) is 64.5 Å².